The zero-order valence-electron chi connectivity index (χ0n) is 10.5. The van der Waals surface area contributed by atoms with Gasteiger partial charge in [-0.25, -0.2) is 0 Å². The molecule has 5 nitrogen and oxygen atoms in total. The summed E-state index contributed by atoms with van der Waals surface area (Å²) in [5.41, 5.74) is 1.03. The average Bonchev–Trinajstić information content (AvgIpc) is 2.46. The van der Waals surface area contributed by atoms with Crippen LogP contribution in [0.15, 0.2) is 42.5 Å². The Morgan fingerprint density at radius 1 is 1.25 bits per heavy atom. The van der Waals surface area contributed by atoms with Crippen LogP contribution in [0, 0.1) is 10.1 Å². The molecule has 0 radical (unpaired) electrons. The van der Waals surface area contributed by atoms with Gasteiger partial charge < -0.3 is 9.84 Å². The minimum Gasteiger partial charge on any atom is -0.482 e. The Kier molecular flexibility index (Phi) is 4.55. The zero-order valence-corrected chi connectivity index (χ0v) is 11.2. The lowest BCUT2D eigenvalue weighted by Crippen LogP contribution is -2.00. The molecule has 2 aromatic rings. The highest BCUT2D eigenvalue weighted by molar-refractivity contribution is 6.31. The summed E-state index contributed by atoms with van der Waals surface area (Å²) in [6.45, 7) is -0.120. The topological polar surface area (TPSA) is 72.6 Å². The third kappa shape index (κ3) is 3.26. The number of benzene rings is 2. The molecule has 20 heavy (non-hydrogen) atoms. The molecule has 0 heterocycles. The predicted molar refractivity (Wildman–Crippen MR) is 74.8 cm³/mol. The monoisotopic (exact) mass is 293 g/mol. The van der Waals surface area contributed by atoms with Gasteiger partial charge in [0.05, 0.1) is 11.5 Å². The van der Waals surface area contributed by atoms with Crippen molar-refractivity contribution >= 4 is 17.3 Å². The number of nitro groups is 1. The highest BCUT2D eigenvalue weighted by atomic mass is 35.5. The smallest absolute Gasteiger partial charge is 0.311 e. The molecule has 0 aliphatic carbocycles. The first-order chi connectivity index (χ1) is 9.61. The first kappa shape index (κ1) is 14.3. The molecule has 0 aliphatic rings. The van der Waals surface area contributed by atoms with Crippen molar-refractivity contribution in [3.8, 4) is 5.75 Å². The fraction of sp³-hybridized carbons (Fsp3) is 0.143. The molecule has 0 fully saturated rings. The SMILES string of the molecule is O=[N+]([O-])c1cc(CO)ccc1OCc1ccccc1Cl. The first-order valence-corrected chi connectivity index (χ1v) is 6.24. The number of ether oxygens (including phenoxy) is 1. The number of rotatable bonds is 5. The molecule has 0 aliphatic heterocycles. The summed E-state index contributed by atoms with van der Waals surface area (Å²) >= 11 is 5.99. The van der Waals surface area contributed by atoms with Gasteiger partial charge in [0.1, 0.15) is 6.61 Å². The van der Waals surface area contributed by atoms with E-state index >= 15 is 0 Å². The van der Waals surface area contributed by atoms with Gasteiger partial charge in [-0.3, -0.25) is 10.1 Å². The lowest BCUT2D eigenvalue weighted by atomic mass is 10.2. The van der Waals surface area contributed by atoms with Gasteiger partial charge in [-0.05, 0) is 17.7 Å². The molecule has 2 rings (SSSR count). The highest BCUT2D eigenvalue weighted by Crippen LogP contribution is 2.29. The number of hydrogen-bond acceptors (Lipinski definition) is 4. The number of halogens is 1. The molecule has 0 unspecified atom stereocenters. The largest absolute Gasteiger partial charge is 0.482 e. The van der Waals surface area contributed by atoms with Gasteiger partial charge in [0, 0.05) is 16.7 Å². The van der Waals surface area contributed by atoms with Crippen molar-refractivity contribution in [2.24, 2.45) is 0 Å². The van der Waals surface area contributed by atoms with Crippen LogP contribution in [0.25, 0.3) is 0 Å². The maximum Gasteiger partial charge on any atom is 0.311 e. The van der Waals surface area contributed by atoms with E-state index in [-0.39, 0.29) is 24.7 Å². The minimum atomic E-state index is -0.541. The predicted octanol–water partition coefficient (Wildman–Crippen LogP) is 3.32. The first-order valence-electron chi connectivity index (χ1n) is 5.86. The van der Waals surface area contributed by atoms with Crippen LogP contribution in [0.3, 0.4) is 0 Å². The second-order valence-electron chi connectivity index (χ2n) is 4.10. The molecule has 0 bridgehead atoms. The maximum atomic E-state index is 11.0. The molecule has 0 saturated heterocycles. The Labute approximate surface area is 120 Å². The Hall–Kier alpha value is -2.11. The van der Waals surface area contributed by atoms with Crippen LogP contribution < -0.4 is 4.74 Å². The minimum absolute atomic E-state index is 0.138. The Bertz CT molecular complexity index is 630. The molecule has 0 aromatic heterocycles. The third-order valence-corrected chi connectivity index (χ3v) is 3.11. The highest BCUT2D eigenvalue weighted by Gasteiger charge is 2.16. The van der Waals surface area contributed by atoms with Crippen molar-refractivity contribution in [2.75, 3.05) is 0 Å². The summed E-state index contributed by atoms with van der Waals surface area (Å²) in [5, 5.41) is 20.5. The van der Waals surface area contributed by atoms with E-state index in [1.165, 1.54) is 12.1 Å². The number of nitro benzene ring substituents is 1. The van der Waals surface area contributed by atoms with Gasteiger partial charge in [0.15, 0.2) is 5.75 Å². The van der Waals surface area contributed by atoms with Crippen LogP contribution in [-0.2, 0) is 13.2 Å². The summed E-state index contributed by atoms with van der Waals surface area (Å²) in [5.74, 6) is 0.145. The lowest BCUT2D eigenvalue weighted by Gasteiger charge is -2.08. The molecule has 104 valence electrons. The van der Waals surface area contributed by atoms with Gasteiger partial charge in [-0.1, -0.05) is 35.9 Å². The second-order valence-corrected chi connectivity index (χ2v) is 4.50. The molecule has 2 aromatic carbocycles. The summed E-state index contributed by atoms with van der Waals surface area (Å²) in [7, 11) is 0. The van der Waals surface area contributed by atoms with Gasteiger partial charge in [-0.2, -0.15) is 0 Å². The van der Waals surface area contributed by atoms with Crippen LogP contribution in [0.2, 0.25) is 5.02 Å². The number of nitrogens with zero attached hydrogens (tertiary/aromatic N) is 1. The molecule has 1 N–H and O–H groups in total. The molecular weight excluding hydrogens is 282 g/mol. The van der Waals surface area contributed by atoms with E-state index in [0.717, 1.165) is 5.56 Å². The maximum absolute atomic E-state index is 11.0. The van der Waals surface area contributed by atoms with Crippen molar-refractivity contribution in [3.63, 3.8) is 0 Å². The molecular formula is C14H12ClNO4. The lowest BCUT2D eigenvalue weighted by molar-refractivity contribution is -0.386. The zero-order chi connectivity index (χ0) is 14.5. The molecule has 0 amide bonds. The van der Waals surface area contributed by atoms with Crippen molar-refractivity contribution in [3.05, 3.63) is 68.7 Å². The summed E-state index contributed by atoms with van der Waals surface area (Å²) < 4.78 is 5.46. The van der Waals surface area contributed by atoms with Crippen molar-refractivity contribution in [2.45, 2.75) is 13.2 Å². The summed E-state index contributed by atoms with van der Waals surface area (Å²) in [6.07, 6.45) is 0. The van der Waals surface area contributed by atoms with E-state index in [2.05, 4.69) is 0 Å². The van der Waals surface area contributed by atoms with Crippen LogP contribution in [0.5, 0.6) is 5.75 Å². The number of aliphatic hydroxyl groups excluding tert-OH is 1. The normalized spacial score (nSPS) is 10.3. The summed E-state index contributed by atoms with van der Waals surface area (Å²) in [6, 6.07) is 11.5. The standard InChI is InChI=1S/C14H12ClNO4/c15-12-4-2-1-3-11(12)9-20-14-6-5-10(8-17)7-13(14)16(18)19/h1-7,17H,8-9H2. The Morgan fingerprint density at radius 2 is 2.00 bits per heavy atom. The van der Waals surface area contributed by atoms with Crippen LogP contribution in [-0.4, -0.2) is 10.0 Å². The van der Waals surface area contributed by atoms with Crippen molar-refractivity contribution in [1.82, 2.24) is 0 Å². The number of hydrogen-bond donors (Lipinski definition) is 1. The molecule has 0 atom stereocenters. The summed E-state index contributed by atoms with van der Waals surface area (Å²) in [4.78, 5) is 10.4. The fourth-order valence-electron chi connectivity index (χ4n) is 1.70. The van der Waals surface area contributed by atoms with E-state index in [9.17, 15) is 10.1 Å². The van der Waals surface area contributed by atoms with E-state index < -0.39 is 4.92 Å². The van der Waals surface area contributed by atoms with Gasteiger partial charge >= 0.3 is 5.69 Å². The molecule has 0 spiro atoms. The Balaban J connectivity index is 2.21. The molecule has 6 heteroatoms. The van der Waals surface area contributed by atoms with E-state index in [1.807, 2.05) is 6.07 Å². The van der Waals surface area contributed by atoms with Gasteiger partial charge in [0.25, 0.3) is 0 Å². The van der Waals surface area contributed by atoms with Gasteiger partial charge in [-0.15, -0.1) is 0 Å². The fourth-order valence-corrected chi connectivity index (χ4v) is 1.89. The second kappa shape index (κ2) is 6.36. The van der Waals surface area contributed by atoms with Crippen molar-refractivity contribution in [1.29, 1.82) is 0 Å². The van der Waals surface area contributed by atoms with E-state index in [4.69, 9.17) is 21.4 Å². The van der Waals surface area contributed by atoms with Crippen molar-refractivity contribution < 1.29 is 14.8 Å². The van der Waals surface area contributed by atoms with Crippen LogP contribution >= 0.6 is 11.6 Å². The average molecular weight is 294 g/mol. The van der Waals surface area contributed by atoms with Crippen LogP contribution in [0.4, 0.5) is 5.69 Å². The molecule has 0 saturated carbocycles. The van der Waals surface area contributed by atoms with Gasteiger partial charge in [0.2, 0.25) is 0 Å². The third-order valence-electron chi connectivity index (χ3n) is 2.74. The van der Waals surface area contributed by atoms with E-state index in [0.29, 0.717) is 10.6 Å². The quantitative estimate of drug-likeness (QED) is 0.678. The Morgan fingerprint density at radius 3 is 2.65 bits per heavy atom. The van der Waals surface area contributed by atoms with Crippen LogP contribution in [0.1, 0.15) is 11.1 Å². The van der Waals surface area contributed by atoms with E-state index in [1.54, 1.807) is 24.3 Å². The number of aliphatic hydroxyl groups is 1.